The number of nitrogens with one attached hydrogen (secondary N) is 4. The fourth-order valence-corrected chi connectivity index (χ4v) is 4.48. The highest BCUT2D eigenvalue weighted by Crippen LogP contribution is 2.18. The zero-order chi connectivity index (χ0) is 20.1. The SMILES string of the molecule is Cc1cccc(NC(=S)N[C@@H](C)[C@H](c2ccccc2)[NH+]2CC[NH+](C)CC2)c1C. The van der Waals surface area contributed by atoms with Gasteiger partial charge in [-0.15, -0.1) is 0 Å². The fraction of sp³-hybridized carbons (Fsp3) is 0.435. The van der Waals surface area contributed by atoms with Crippen molar-refractivity contribution in [1.29, 1.82) is 0 Å². The van der Waals surface area contributed by atoms with Gasteiger partial charge in [-0.25, -0.2) is 0 Å². The lowest BCUT2D eigenvalue weighted by Crippen LogP contribution is -3.27. The number of rotatable bonds is 5. The Kier molecular flexibility index (Phi) is 7.05. The van der Waals surface area contributed by atoms with Crippen molar-refractivity contribution in [1.82, 2.24) is 5.32 Å². The molecule has 1 aliphatic heterocycles. The molecule has 3 rings (SSSR count). The normalized spacial score (nSPS) is 21.6. The zero-order valence-corrected chi connectivity index (χ0v) is 18.3. The summed E-state index contributed by atoms with van der Waals surface area (Å²) < 4.78 is 0. The van der Waals surface area contributed by atoms with Crippen molar-refractivity contribution < 1.29 is 9.80 Å². The van der Waals surface area contributed by atoms with Gasteiger partial charge in [-0.05, 0) is 50.2 Å². The van der Waals surface area contributed by atoms with Gasteiger partial charge in [-0.2, -0.15) is 0 Å². The molecule has 1 fully saturated rings. The Hall–Kier alpha value is -1.95. The molecule has 4 nitrogen and oxygen atoms in total. The Morgan fingerprint density at radius 3 is 2.32 bits per heavy atom. The molecule has 2 atom stereocenters. The first-order valence-corrected chi connectivity index (χ1v) is 10.7. The van der Waals surface area contributed by atoms with Crippen molar-refractivity contribution in [2.75, 3.05) is 38.5 Å². The standard InChI is InChI=1S/C23H32N4S/c1-17-9-8-12-21(18(17)2)25-23(28)24-19(3)22(20-10-6-5-7-11-20)27-15-13-26(4)14-16-27/h5-12,19,22H,13-16H2,1-4H3,(H2,24,25,28)/p+2/t19-,22+/m0/s1. The molecular weight excluding hydrogens is 364 g/mol. The Balaban J connectivity index is 1.72. The number of anilines is 1. The summed E-state index contributed by atoms with van der Waals surface area (Å²) in [5.74, 6) is 0. The van der Waals surface area contributed by atoms with Gasteiger partial charge in [-0.1, -0.05) is 42.5 Å². The van der Waals surface area contributed by atoms with Crippen LogP contribution >= 0.6 is 12.2 Å². The molecule has 0 aromatic heterocycles. The molecule has 1 saturated heterocycles. The van der Waals surface area contributed by atoms with E-state index in [0.717, 1.165) is 5.69 Å². The fourth-order valence-electron chi connectivity index (χ4n) is 4.18. The van der Waals surface area contributed by atoms with Gasteiger partial charge < -0.3 is 20.4 Å². The van der Waals surface area contributed by atoms with Gasteiger partial charge in [0.25, 0.3) is 0 Å². The summed E-state index contributed by atoms with van der Waals surface area (Å²) in [7, 11) is 2.29. The Morgan fingerprint density at radius 1 is 0.964 bits per heavy atom. The number of thiocarbonyl (C=S) groups is 1. The average Bonchev–Trinajstić information content (AvgIpc) is 2.68. The van der Waals surface area contributed by atoms with Crippen LogP contribution in [0.5, 0.6) is 0 Å². The van der Waals surface area contributed by atoms with Crippen molar-refractivity contribution in [2.45, 2.75) is 32.9 Å². The van der Waals surface area contributed by atoms with Crippen LogP contribution in [0.3, 0.4) is 0 Å². The van der Waals surface area contributed by atoms with Crippen molar-refractivity contribution in [3.05, 3.63) is 65.2 Å². The molecule has 0 amide bonds. The Morgan fingerprint density at radius 2 is 1.64 bits per heavy atom. The van der Waals surface area contributed by atoms with Crippen molar-refractivity contribution >= 4 is 23.0 Å². The summed E-state index contributed by atoms with van der Waals surface area (Å²) in [6, 6.07) is 17.8. The van der Waals surface area contributed by atoms with Crippen molar-refractivity contribution in [3.8, 4) is 0 Å². The molecule has 28 heavy (non-hydrogen) atoms. The molecule has 1 aliphatic rings. The average molecular weight is 399 g/mol. The Bertz CT molecular complexity index is 784. The smallest absolute Gasteiger partial charge is 0.171 e. The first-order valence-electron chi connectivity index (χ1n) is 10.3. The largest absolute Gasteiger partial charge is 0.354 e. The molecule has 150 valence electrons. The maximum Gasteiger partial charge on any atom is 0.171 e. The summed E-state index contributed by atoms with van der Waals surface area (Å²) in [4.78, 5) is 3.27. The zero-order valence-electron chi connectivity index (χ0n) is 17.5. The molecule has 0 spiro atoms. The van der Waals surface area contributed by atoms with Crippen molar-refractivity contribution in [3.63, 3.8) is 0 Å². The molecular formula is C23H34N4S+2. The maximum atomic E-state index is 5.67. The van der Waals surface area contributed by atoms with Crippen LogP contribution in [0.25, 0.3) is 0 Å². The van der Waals surface area contributed by atoms with Crippen LogP contribution in [0, 0.1) is 13.8 Å². The van der Waals surface area contributed by atoms with E-state index in [-0.39, 0.29) is 6.04 Å². The molecule has 1 heterocycles. The maximum absolute atomic E-state index is 5.67. The molecule has 2 aromatic rings. The highest BCUT2D eigenvalue weighted by atomic mass is 32.1. The van der Waals surface area contributed by atoms with Gasteiger partial charge in [0.05, 0.1) is 13.1 Å². The van der Waals surface area contributed by atoms with Gasteiger partial charge in [0, 0.05) is 11.3 Å². The van der Waals surface area contributed by atoms with E-state index in [4.69, 9.17) is 12.2 Å². The minimum atomic E-state index is 0.237. The number of hydrogen-bond acceptors (Lipinski definition) is 1. The van der Waals surface area contributed by atoms with Crippen molar-refractivity contribution in [2.24, 2.45) is 0 Å². The molecule has 5 heteroatoms. The lowest BCUT2D eigenvalue weighted by molar-refractivity contribution is -1.02. The third-order valence-corrected chi connectivity index (χ3v) is 6.28. The monoisotopic (exact) mass is 398 g/mol. The van der Waals surface area contributed by atoms with Gasteiger partial charge >= 0.3 is 0 Å². The second-order valence-corrected chi connectivity index (χ2v) is 8.55. The number of aryl methyl sites for hydroxylation is 1. The molecule has 0 unspecified atom stereocenters. The molecule has 0 saturated carbocycles. The van der Waals surface area contributed by atoms with Crippen LogP contribution in [0.2, 0.25) is 0 Å². The number of likely N-dealkylation sites (N-methyl/N-ethyl adjacent to an activating group) is 1. The number of piperazine rings is 1. The summed E-state index contributed by atoms with van der Waals surface area (Å²) in [5, 5.41) is 7.68. The first-order chi connectivity index (χ1) is 13.5. The first kappa shape index (κ1) is 20.8. The topological polar surface area (TPSA) is 32.9 Å². The van der Waals surface area contributed by atoms with Crippen LogP contribution in [-0.2, 0) is 0 Å². The van der Waals surface area contributed by atoms with E-state index in [9.17, 15) is 0 Å². The predicted molar refractivity (Wildman–Crippen MR) is 121 cm³/mol. The predicted octanol–water partition coefficient (Wildman–Crippen LogP) is 1.13. The minimum Gasteiger partial charge on any atom is -0.354 e. The third kappa shape index (κ3) is 5.10. The quantitative estimate of drug-likeness (QED) is 0.570. The van der Waals surface area contributed by atoms with Gasteiger partial charge in [-0.3, -0.25) is 0 Å². The number of quaternary nitrogens is 2. The number of benzene rings is 2. The van der Waals surface area contributed by atoms with E-state index in [1.165, 1.54) is 42.9 Å². The summed E-state index contributed by atoms with van der Waals surface area (Å²) in [5.41, 5.74) is 4.97. The van der Waals surface area contributed by atoms with Crippen LogP contribution in [0.1, 0.15) is 29.7 Å². The molecule has 0 radical (unpaired) electrons. The van der Waals surface area contributed by atoms with Crippen LogP contribution < -0.4 is 20.4 Å². The minimum absolute atomic E-state index is 0.237. The number of hydrogen-bond donors (Lipinski definition) is 4. The second-order valence-electron chi connectivity index (χ2n) is 8.14. The van der Waals surface area contributed by atoms with Crippen LogP contribution in [-0.4, -0.2) is 44.4 Å². The second kappa shape index (κ2) is 9.50. The van der Waals surface area contributed by atoms with E-state index in [1.807, 2.05) is 0 Å². The molecule has 0 bridgehead atoms. The van der Waals surface area contributed by atoms with E-state index in [0.29, 0.717) is 11.2 Å². The summed E-state index contributed by atoms with van der Waals surface area (Å²) in [6.07, 6.45) is 0. The molecule has 2 aromatic carbocycles. The highest BCUT2D eigenvalue weighted by molar-refractivity contribution is 7.80. The van der Waals surface area contributed by atoms with Gasteiger partial charge in [0.2, 0.25) is 0 Å². The van der Waals surface area contributed by atoms with Crippen LogP contribution in [0.15, 0.2) is 48.5 Å². The lowest BCUT2D eigenvalue weighted by atomic mass is 9.98. The van der Waals surface area contributed by atoms with Crippen LogP contribution in [0.4, 0.5) is 5.69 Å². The van der Waals surface area contributed by atoms with Gasteiger partial charge in [0.15, 0.2) is 5.11 Å². The molecule has 0 aliphatic carbocycles. The lowest BCUT2D eigenvalue weighted by Gasteiger charge is -2.37. The van der Waals surface area contributed by atoms with E-state index in [1.54, 1.807) is 9.80 Å². The highest BCUT2D eigenvalue weighted by Gasteiger charge is 2.33. The van der Waals surface area contributed by atoms with E-state index >= 15 is 0 Å². The molecule has 4 N–H and O–H groups in total. The summed E-state index contributed by atoms with van der Waals surface area (Å²) >= 11 is 5.67. The van der Waals surface area contributed by atoms with Gasteiger partial charge in [0.1, 0.15) is 32.2 Å². The summed E-state index contributed by atoms with van der Waals surface area (Å²) in [6.45, 7) is 11.3. The Labute approximate surface area is 174 Å². The van der Waals surface area contributed by atoms with E-state index < -0.39 is 0 Å². The third-order valence-electron chi connectivity index (χ3n) is 6.06. The van der Waals surface area contributed by atoms with E-state index in [2.05, 4.69) is 87.0 Å².